The number of hydrogen-bond donors (Lipinski definition) is 0. The molecule has 0 radical (unpaired) electrons. The summed E-state index contributed by atoms with van der Waals surface area (Å²) in [7, 11) is 1.24. The Kier molecular flexibility index (Phi) is 4.20. The van der Waals surface area contributed by atoms with Crippen molar-refractivity contribution in [2.45, 2.75) is 13.8 Å². The van der Waals surface area contributed by atoms with Crippen molar-refractivity contribution in [3.63, 3.8) is 0 Å². The molecule has 1 aromatic rings. The van der Waals surface area contributed by atoms with Crippen molar-refractivity contribution in [2.24, 2.45) is 0 Å². The number of aryl methyl sites for hydroxylation is 1. The molecule has 0 unspecified atom stereocenters. The molecule has 17 heavy (non-hydrogen) atoms. The third-order valence-corrected chi connectivity index (χ3v) is 2.20. The fraction of sp³-hybridized carbons (Fsp3) is 0.333. The molecule has 0 fully saturated rings. The predicted octanol–water partition coefficient (Wildman–Crippen LogP) is 1.89. The van der Waals surface area contributed by atoms with E-state index in [0.717, 1.165) is 0 Å². The molecule has 0 aliphatic heterocycles. The molecule has 0 amide bonds. The van der Waals surface area contributed by atoms with Gasteiger partial charge in [-0.05, 0) is 25.5 Å². The van der Waals surface area contributed by atoms with Crippen LogP contribution in [-0.4, -0.2) is 25.5 Å². The lowest BCUT2D eigenvalue weighted by atomic mass is 10.1. The molecule has 92 valence electrons. The molecule has 1 rings (SSSR count). The van der Waals surface area contributed by atoms with Crippen LogP contribution >= 0.6 is 0 Å². The van der Waals surface area contributed by atoms with Crippen LogP contribution in [0.2, 0.25) is 0 Å². The molecule has 0 bridgehead atoms. The SMILES string of the molecule is CCOC(=O)C(=O)c1ccc(C)c(F)c1OC. The number of Topliss-reactive ketones (excluding diaryl/α,β-unsaturated/α-hetero) is 1. The maximum Gasteiger partial charge on any atom is 0.379 e. The number of ether oxygens (including phenoxy) is 2. The van der Waals surface area contributed by atoms with Gasteiger partial charge in [-0.2, -0.15) is 0 Å². The van der Waals surface area contributed by atoms with E-state index >= 15 is 0 Å². The van der Waals surface area contributed by atoms with Gasteiger partial charge in [-0.15, -0.1) is 0 Å². The number of rotatable bonds is 4. The van der Waals surface area contributed by atoms with Crippen LogP contribution in [-0.2, 0) is 9.53 Å². The number of halogens is 1. The molecule has 0 aromatic heterocycles. The van der Waals surface area contributed by atoms with E-state index in [9.17, 15) is 14.0 Å². The maximum absolute atomic E-state index is 13.6. The summed E-state index contributed by atoms with van der Waals surface area (Å²) in [6.45, 7) is 3.20. The van der Waals surface area contributed by atoms with Gasteiger partial charge in [-0.3, -0.25) is 4.79 Å². The molecule has 0 spiro atoms. The third-order valence-electron chi connectivity index (χ3n) is 2.20. The van der Waals surface area contributed by atoms with Crippen molar-refractivity contribution in [1.82, 2.24) is 0 Å². The second-order valence-electron chi connectivity index (χ2n) is 3.33. The van der Waals surface area contributed by atoms with E-state index in [-0.39, 0.29) is 17.9 Å². The fourth-order valence-corrected chi connectivity index (χ4v) is 1.34. The molecule has 0 saturated heterocycles. The topological polar surface area (TPSA) is 52.6 Å². The Hall–Kier alpha value is -1.91. The molecular weight excluding hydrogens is 227 g/mol. The lowest BCUT2D eigenvalue weighted by molar-refractivity contribution is -0.137. The van der Waals surface area contributed by atoms with E-state index in [2.05, 4.69) is 4.74 Å². The third kappa shape index (κ3) is 2.61. The minimum atomic E-state index is -1.02. The molecule has 0 aliphatic carbocycles. The number of esters is 1. The number of carbonyl (C=O) groups excluding carboxylic acids is 2. The van der Waals surface area contributed by atoms with Gasteiger partial charge in [0.2, 0.25) is 0 Å². The van der Waals surface area contributed by atoms with E-state index < -0.39 is 17.6 Å². The predicted molar refractivity (Wildman–Crippen MR) is 58.7 cm³/mol. The van der Waals surface area contributed by atoms with E-state index in [1.54, 1.807) is 6.92 Å². The average molecular weight is 240 g/mol. The first kappa shape index (κ1) is 13.2. The van der Waals surface area contributed by atoms with Crippen LogP contribution < -0.4 is 4.74 Å². The van der Waals surface area contributed by atoms with Crippen LogP contribution in [0.4, 0.5) is 4.39 Å². The van der Waals surface area contributed by atoms with Gasteiger partial charge in [0.25, 0.3) is 5.78 Å². The first-order chi connectivity index (χ1) is 8.02. The Morgan fingerprint density at radius 1 is 1.35 bits per heavy atom. The molecule has 4 nitrogen and oxygen atoms in total. The molecule has 1 aromatic carbocycles. The van der Waals surface area contributed by atoms with Crippen molar-refractivity contribution < 1.29 is 23.5 Å². The number of hydrogen-bond acceptors (Lipinski definition) is 4. The van der Waals surface area contributed by atoms with Gasteiger partial charge in [-0.25, -0.2) is 9.18 Å². The van der Waals surface area contributed by atoms with Gasteiger partial charge in [0.05, 0.1) is 19.3 Å². The standard InChI is InChI=1S/C12H13FO4/c1-4-17-12(15)10(14)8-6-5-7(2)9(13)11(8)16-3/h5-6H,4H2,1-3H3. The van der Waals surface area contributed by atoms with Crippen molar-refractivity contribution in [1.29, 1.82) is 0 Å². The van der Waals surface area contributed by atoms with Gasteiger partial charge in [0.1, 0.15) is 0 Å². The lowest BCUT2D eigenvalue weighted by Crippen LogP contribution is -2.18. The highest BCUT2D eigenvalue weighted by Crippen LogP contribution is 2.25. The largest absolute Gasteiger partial charge is 0.493 e. The van der Waals surface area contributed by atoms with Crippen LogP contribution in [0.25, 0.3) is 0 Å². The van der Waals surface area contributed by atoms with Crippen LogP contribution in [0.5, 0.6) is 5.75 Å². The summed E-state index contributed by atoms with van der Waals surface area (Å²) >= 11 is 0. The monoisotopic (exact) mass is 240 g/mol. The smallest absolute Gasteiger partial charge is 0.379 e. The summed E-state index contributed by atoms with van der Waals surface area (Å²) < 4.78 is 23.0. The number of methoxy groups -OCH3 is 1. The zero-order valence-electron chi connectivity index (χ0n) is 9.87. The average Bonchev–Trinajstić information content (AvgIpc) is 2.31. The molecule has 5 heteroatoms. The number of benzene rings is 1. The van der Waals surface area contributed by atoms with Crippen LogP contribution in [0.3, 0.4) is 0 Å². The van der Waals surface area contributed by atoms with E-state index in [1.165, 1.54) is 26.2 Å². The lowest BCUT2D eigenvalue weighted by Gasteiger charge is -2.09. The van der Waals surface area contributed by atoms with Crippen LogP contribution in [0.15, 0.2) is 12.1 Å². The number of carbonyl (C=O) groups is 2. The van der Waals surface area contributed by atoms with E-state index in [1.807, 2.05) is 0 Å². The van der Waals surface area contributed by atoms with Gasteiger partial charge in [0, 0.05) is 0 Å². The Bertz CT molecular complexity index is 454. The van der Waals surface area contributed by atoms with E-state index in [0.29, 0.717) is 5.56 Å². The fourth-order valence-electron chi connectivity index (χ4n) is 1.34. The summed E-state index contributed by atoms with van der Waals surface area (Å²) in [5.74, 6) is -2.82. The van der Waals surface area contributed by atoms with Crippen molar-refractivity contribution in [3.8, 4) is 5.75 Å². The van der Waals surface area contributed by atoms with E-state index in [4.69, 9.17) is 4.74 Å². The second-order valence-corrected chi connectivity index (χ2v) is 3.33. The number of ketones is 1. The Labute approximate surface area is 98.3 Å². The zero-order chi connectivity index (χ0) is 13.0. The van der Waals surface area contributed by atoms with Gasteiger partial charge in [0.15, 0.2) is 11.6 Å². The van der Waals surface area contributed by atoms with Crippen molar-refractivity contribution >= 4 is 11.8 Å². The van der Waals surface area contributed by atoms with Crippen molar-refractivity contribution in [3.05, 3.63) is 29.1 Å². The Morgan fingerprint density at radius 2 is 2.00 bits per heavy atom. The van der Waals surface area contributed by atoms with Crippen LogP contribution in [0, 0.1) is 12.7 Å². The first-order valence-electron chi connectivity index (χ1n) is 5.07. The molecule has 0 aliphatic rings. The quantitative estimate of drug-likeness (QED) is 0.458. The summed E-state index contributed by atoms with van der Waals surface area (Å²) in [5.41, 5.74) is 0.205. The molecule has 0 N–H and O–H groups in total. The summed E-state index contributed by atoms with van der Waals surface area (Å²) in [4.78, 5) is 22.9. The molecule has 0 atom stereocenters. The minimum Gasteiger partial charge on any atom is -0.493 e. The highest BCUT2D eigenvalue weighted by molar-refractivity contribution is 6.41. The molecule has 0 saturated carbocycles. The molecule has 0 heterocycles. The Balaban J connectivity index is 3.18. The first-order valence-corrected chi connectivity index (χ1v) is 5.07. The summed E-state index contributed by atoms with van der Waals surface area (Å²) in [5, 5.41) is 0. The second kappa shape index (κ2) is 5.43. The minimum absolute atomic E-state index is 0.0846. The van der Waals surface area contributed by atoms with Gasteiger partial charge in [-0.1, -0.05) is 6.07 Å². The van der Waals surface area contributed by atoms with Crippen molar-refractivity contribution in [2.75, 3.05) is 13.7 Å². The van der Waals surface area contributed by atoms with Gasteiger partial charge < -0.3 is 9.47 Å². The maximum atomic E-state index is 13.6. The Morgan fingerprint density at radius 3 is 2.53 bits per heavy atom. The molecular formula is C12H13FO4. The van der Waals surface area contributed by atoms with Crippen LogP contribution in [0.1, 0.15) is 22.8 Å². The zero-order valence-corrected chi connectivity index (χ0v) is 9.87. The highest BCUT2D eigenvalue weighted by Gasteiger charge is 2.24. The summed E-state index contributed by atoms with van der Waals surface area (Å²) in [6.07, 6.45) is 0. The highest BCUT2D eigenvalue weighted by atomic mass is 19.1. The summed E-state index contributed by atoms with van der Waals surface area (Å²) in [6, 6.07) is 2.75. The normalized spacial score (nSPS) is 9.88. The van der Waals surface area contributed by atoms with Gasteiger partial charge >= 0.3 is 5.97 Å².